The summed E-state index contributed by atoms with van der Waals surface area (Å²) >= 11 is 1.72. The van der Waals surface area contributed by atoms with Crippen molar-refractivity contribution in [3.8, 4) is 6.07 Å². The van der Waals surface area contributed by atoms with Crippen LogP contribution in [0.5, 0.6) is 0 Å². The van der Waals surface area contributed by atoms with Crippen LogP contribution in [0.3, 0.4) is 0 Å². The summed E-state index contributed by atoms with van der Waals surface area (Å²) in [4.78, 5) is 1.20. The van der Waals surface area contributed by atoms with Crippen molar-refractivity contribution in [1.29, 1.82) is 5.26 Å². The Labute approximate surface area is 101 Å². The zero-order valence-electron chi connectivity index (χ0n) is 9.49. The third kappa shape index (κ3) is 2.58. The van der Waals surface area contributed by atoms with Crippen LogP contribution in [-0.4, -0.2) is 17.8 Å². The minimum absolute atomic E-state index is 0.222. The van der Waals surface area contributed by atoms with E-state index in [0.29, 0.717) is 0 Å². The molecule has 0 saturated carbocycles. The van der Waals surface area contributed by atoms with E-state index >= 15 is 0 Å². The van der Waals surface area contributed by atoms with Gasteiger partial charge in [-0.2, -0.15) is 5.26 Å². The molecule has 3 heteroatoms. The van der Waals surface area contributed by atoms with Crippen molar-refractivity contribution in [3.05, 3.63) is 29.8 Å². The molecule has 1 aromatic rings. The summed E-state index contributed by atoms with van der Waals surface area (Å²) in [6.07, 6.45) is 1.87. The van der Waals surface area contributed by atoms with Gasteiger partial charge in [-0.05, 0) is 45.0 Å². The number of benzene rings is 1. The van der Waals surface area contributed by atoms with Gasteiger partial charge in [-0.25, -0.2) is 0 Å². The Balaban J connectivity index is 2.12. The zero-order chi connectivity index (χ0) is 11.4. The molecule has 0 spiro atoms. The van der Waals surface area contributed by atoms with Crippen LogP contribution < -0.4 is 5.32 Å². The Bertz CT molecular complexity index is 385. The Morgan fingerprint density at radius 2 is 1.88 bits per heavy atom. The molecule has 84 valence electrons. The van der Waals surface area contributed by atoms with E-state index in [9.17, 15) is 5.26 Å². The van der Waals surface area contributed by atoms with Crippen molar-refractivity contribution in [3.63, 3.8) is 0 Å². The third-order valence-corrected chi connectivity index (χ3v) is 4.35. The maximum absolute atomic E-state index is 9.36. The van der Waals surface area contributed by atoms with Crippen molar-refractivity contribution in [2.75, 3.05) is 13.1 Å². The molecule has 16 heavy (non-hydrogen) atoms. The highest BCUT2D eigenvalue weighted by Gasteiger charge is 2.33. The summed E-state index contributed by atoms with van der Waals surface area (Å²) in [5.74, 6) is 0. The van der Waals surface area contributed by atoms with Crippen LogP contribution in [0.25, 0.3) is 0 Å². The van der Waals surface area contributed by atoms with E-state index in [4.69, 9.17) is 0 Å². The van der Waals surface area contributed by atoms with E-state index in [1.54, 1.807) is 11.8 Å². The molecular weight excluding hydrogens is 216 g/mol. The molecule has 1 fully saturated rings. The smallest absolute Gasteiger partial charge is 0.109 e. The van der Waals surface area contributed by atoms with Crippen LogP contribution >= 0.6 is 11.8 Å². The summed E-state index contributed by atoms with van der Waals surface area (Å²) in [6, 6.07) is 10.9. The largest absolute Gasteiger partial charge is 0.317 e. The fourth-order valence-corrected chi connectivity index (χ4v) is 3.08. The normalized spacial score (nSPS) is 19.0. The Morgan fingerprint density at radius 1 is 1.25 bits per heavy atom. The molecule has 1 aliphatic heterocycles. The van der Waals surface area contributed by atoms with Crippen LogP contribution in [0, 0.1) is 18.3 Å². The molecule has 0 aromatic heterocycles. The van der Waals surface area contributed by atoms with Crippen LogP contribution in [0.4, 0.5) is 0 Å². The van der Waals surface area contributed by atoms with E-state index in [0.717, 1.165) is 25.9 Å². The second-order valence-corrected chi connectivity index (χ2v) is 5.73. The predicted molar refractivity (Wildman–Crippen MR) is 67.5 cm³/mol. The molecule has 2 nitrogen and oxygen atoms in total. The molecule has 0 radical (unpaired) electrons. The lowest BCUT2D eigenvalue weighted by molar-refractivity contribution is 0.476. The predicted octanol–water partition coefficient (Wildman–Crippen LogP) is 2.73. The summed E-state index contributed by atoms with van der Waals surface area (Å²) in [5, 5.41) is 12.7. The van der Waals surface area contributed by atoms with Crippen LogP contribution in [0.2, 0.25) is 0 Å². The van der Waals surface area contributed by atoms with Gasteiger partial charge in [0.05, 0.1) is 6.07 Å². The van der Waals surface area contributed by atoms with Crippen molar-refractivity contribution < 1.29 is 0 Å². The molecule has 1 saturated heterocycles. The Hall–Kier alpha value is -0.980. The number of nitriles is 1. The molecule has 0 unspecified atom stereocenters. The minimum atomic E-state index is -0.222. The standard InChI is InChI=1S/C13H16N2S/c1-11-2-4-12(5-3-11)16-13(10-14)6-8-15-9-7-13/h2-5,15H,6-9H2,1H3. The lowest BCUT2D eigenvalue weighted by Crippen LogP contribution is -2.38. The highest BCUT2D eigenvalue weighted by Crippen LogP contribution is 2.38. The van der Waals surface area contributed by atoms with E-state index in [1.807, 2.05) is 0 Å². The first-order chi connectivity index (χ1) is 7.74. The lowest BCUT2D eigenvalue weighted by Gasteiger charge is -2.30. The van der Waals surface area contributed by atoms with Gasteiger partial charge in [-0.3, -0.25) is 0 Å². The van der Waals surface area contributed by atoms with Gasteiger partial charge in [0, 0.05) is 4.90 Å². The number of nitrogens with one attached hydrogen (secondary N) is 1. The van der Waals surface area contributed by atoms with Crippen molar-refractivity contribution in [2.24, 2.45) is 0 Å². The number of nitrogens with zero attached hydrogens (tertiary/aromatic N) is 1. The molecule has 0 atom stereocenters. The van der Waals surface area contributed by atoms with E-state index in [-0.39, 0.29) is 4.75 Å². The van der Waals surface area contributed by atoms with Gasteiger partial charge < -0.3 is 5.32 Å². The molecule has 1 N–H and O–H groups in total. The summed E-state index contributed by atoms with van der Waals surface area (Å²) in [5.41, 5.74) is 1.26. The van der Waals surface area contributed by atoms with Crippen LogP contribution in [-0.2, 0) is 0 Å². The number of hydrogen-bond donors (Lipinski definition) is 1. The van der Waals surface area contributed by atoms with Crippen molar-refractivity contribution >= 4 is 11.8 Å². The molecule has 1 aliphatic rings. The van der Waals surface area contributed by atoms with E-state index < -0.39 is 0 Å². The minimum Gasteiger partial charge on any atom is -0.317 e. The molecule has 0 amide bonds. The average Bonchev–Trinajstić information content (AvgIpc) is 2.33. The second-order valence-electron chi connectivity index (χ2n) is 4.27. The SMILES string of the molecule is Cc1ccc(SC2(C#N)CCNCC2)cc1. The molecule has 1 aromatic carbocycles. The molecule has 0 bridgehead atoms. The van der Waals surface area contributed by atoms with Gasteiger partial charge in [0.2, 0.25) is 0 Å². The van der Waals surface area contributed by atoms with Gasteiger partial charge in [-0.1, -0.05) is 17.7 Å². The van der Waals surface area contributed by atoms with E-state index in [1.165, 1.54) is 10.5 Å². The maximum atomic E-state index is 9.36. The van der Waals surface area contributed by atoms with Gasteiger partial charge >= 0.3 is 0 Å². The third-order valence-electron chi connectivity index (χ3n) is 2.95. The highest BCUT2D eigenvalue weighted by molar-refractivity contribution is 8.01. The maximum Gasteiger partial charge on any atom is 0.109 e. The van der Waals surface area contributed by atoms with Gasteiger partial charge in [0.1, 0.15) is 4.75 Å². The molecule has 1 heterocycles. The number of piperidine rings is 1. The Kier molecular flexibility index (Phi) is 3.52. The zero-order valence-corrected chi connectivity index (χ0v) is 10.3. The molecule has 2 rings (SSSR count). The molecule has 0 aliphatic carbocycles. The van der Waals surface area contributed by atoms with Crippen molar-refractivity contribution in [1.82, 2.24) is 5.32 Å². The van der Waals surface area contributed by atoms with Gasteiger partial charge in [0.15, 0.2) is 0 Å². The summed E-state index contributed by atoms with van der Waals surface area (Å²) in [7, 11) is 0. The lowest BCUT2D eigenvalue weighted by atomic mass is 9.99. The highest BCUT2D eigenvalue weighted by atomic mass is 32.2. The first-order valence-electron chi connectivity index (χ1n) is 5.62. The number of rotatable bonds is 2. The monoisotopic (exact) mass is 232 g/mol. The quantitative estimate of drug-likeness (QED) is 0.851. The Morgan fingerprint density at radius 3 is 2.44 bits per heavy atom. The molecular formula is C13H16N2S. The number of aryl methyl sites for hydroxylation is 1. The fraction of sp³-hybridized carbons (Fsp3) is 0.462. The summed E-state index contributed by atoms with van der Waals surface area (Å²) in [6.45, 7) is 3.98. The van der Waals surface area contributed by atoms with Gasteiger partial charge in [0.25, 0.3) is 0 Å². The average molecular weight is 232 g/mol. The van der Waals surface area contributed by atoms with Crippen LogP contribution in [0.15, 0.2) is 29.2 Å². The van der Waals surface area contributed by atoms with Crippen LogP contribution in [0.1, 0.15) is 18.4 Å². The first kappa shape index (κ1) is 11.5. The number of thioether (sulfide) groups is 1. The number of hydrogen-bond acceptors (Lipinski definition) is 3. The topological polar surface area (TPSA) is 35.8 Å². The fourth-order valence-electron chi connectivity index (χ4n) is 1.90. The summed E-state index contributed by atoms with van der Waals surface area (Å²) < 4.78 is -0.222. The first-order valence-corrected chi connectivity index (χ1v) is 6.43. The van der Waals surface area contributed by atoms with Crippen molar-refractivity contribution in [2.45, 2.75) is 29.4 Å². The van der Waals surface area contributed by atoms with E-state index in [2.05, 4.69) is 42.6 Å². The van der Waals surface area contributed by atoms with Gasteiger partial charge in [-0.15, -0.1) is 11.8 Å². The second kappa shape index (κ2) is 4.90.